The second-order valence-corrected chi connectivity index (χ2v) is 5.00. The van der Waals surface area contributed by atoms with Crippen molar-refractivity contribution in [3.05, 3.63) is 29.8 Å². The molecule has 0 fully saturated rings. The number of alkyl halides is 2. The molecule has 4 nitrogen and oxygen atoms in total. The fraction of sp³-hybridized carbons (Fsp3) is 0.333. The molecule has 1 aromatic carbocycles. The second-order valence-electron chi connectivity index (χ2n) is 3.71. The molecule has 98 valence electrons. The number of rotatable bonds is 6. The molecule has 0 bridgehead atoms. The van der Waals surface area contributed by atoms with Gasteiger partial charge in [-0.2, -0.15) is 0 Å². The van der Waals surface area contributed by atoms with Gasteiger partial charge < -0.3 is 15.3 Å². The Morgan fingerprint density at radius 2 is 2.06 bits per heavy atom. The van der Waals surface area contributed by atoms with Gasteiger partial charge in [-0.3, -0.25) is 0 Å². The number of ether oxygens (including phenoxy) is 1. The molecule has 0 aliphatic heterocycles. The third-order valence-electron chi connectivity index (χ3n) is 2.17. The molecule has 6 heteroatoms. The van der Waals surface area contributed by atoms with E-state index in [2.05, 4.69) is 15.9 Å². The second kappa shape index (κ2) is 7.10. The average molecular weight is 318 g/mol. The lowest BCUT2D eigenvalue weighted by atomic mass is 10.2. The number of carbonyl (C=O) groups excluding carboxylic acids is 2. The number of halogens is 2. The lowest BCUT2D eigenvalue weighted by Crippen LogP contribution is -2.18. The van der Waals surface area contributed by atoms with Gasteiger partial charge in [0.05, 0.1) is 10.4 Å². The Morgan fingerprint density at radius 1 is 1.44 bits per heavy atom. The molecule has 0 aliphatic carbocycles. The standard InChI is InChI=1S/C12H13BrFNO3/c13-9(5-10(14)6-16)7-18-12(17)8-1-3-11(15)4-2-8/h1-4,6,9-10H,5,7,15H2/t9-,10+/m1/s1. The van der Waals surface area contributed by atoms with Gasteiger partial charge in [0.1, 0.15) is 6.61 Å². The van der Waals surface area contributed by atoms with Gasteiger partial charge in [-0.05, 0) is 24.3 Å². The highest BCUT2D eigenvalue weighted by Crippen LogP contribution is 2.12. The molecule has 0 aromatic heterocycles. The lowest BCUT2D eigenvalue weighted by Gasteiger charge is -2.10. The zero-order valence-corrected chi connectivity index (χ0v) is 11.1. The van der Waals surface area contributed by atoms with Gasteiger partial charge in [-0.25, -0.2) is 9.18 Å². The van der Waals surface area contributed by atoms with E-state index in [1.807, 2.05) is 0 Å². The van der Waals surface area contributed by atoms with Crippen LogP contribution in [-0.4, -0.2) is 29.9 Å². The number of benzene rings is 1. The van der Waals surface area contributed by atoms with Crippen LogP contribution in [0.1, 0.15) is 16.8 Å². The summed E-state index contributed by atoms with van der Waals surface area (Å²) < 4.78 is 17.7. The van der Waals surface area contributed by atoms with Crippen molar-refractivity contribution in [2.45, 2.75) is 17.4 Å². The maximum atomic E-state index is 12.7. The molecule has 0 saturated carbocycles. The number of carbonyl (C=O) groups is 2. The smallest absolute Gasteiger partial charge is 0.338 e. The minimum absolute atomic E-state index is 0.00251. The van der Waals surface area contributed by atoms with Crippen molar-refractivity contribution in [2.75, 3.05) is 12.3 Å². The number of hydrogen-bond acceptors (Lipinski definition) is 4. The highest BCUT2D eigenvalue weighted by atomic mass is 79.9. The number of esters is 1. The van der Waals surface area contributed by atoms with Gasteiger partial charge in [0.25, 0.3) is 0 Å². The Kier molecular flexibility index (Phi) is 5.77. The Balaban J connectivity index is 2.41. The molecule has 0 amide bonds. The predicted octanol–water partition coefficient (Wildman–Crippen LogP) is 2.12. The summed E-state index contributed by atoms with van der Waals surface area (Å²) in [6.07, 6.45) is -1.36. The van der Waals surface area contributed by atoms with Crippen LogP contribution < -0.4 is 5.73 Å². The molecular weight excluding hydrogens is 305 g/mol. The Hall–Kier alpha value is -1.43. The van der Waals surface area contributed by atoms with Crippen molar-refractivity contribution in [2.24, 2.45) is 0 Å². The molecule has 0 unspecified atom stereocenters. The van der Waals surface area contributed by atoms with E-state index >= 15 is 0 Å². The number of anilines is 1. The first kappa shape index (κ1) is 14.6. The molecule has 0 aliphatic rings. The van der Waals surface area contributed by atoms with Crippen LogP contribution in [0.4, 0.5) is 10.1 Å². The summed E-state index contributed by atoms with van der Waals surface area (Å²) >= 11 is 3.14. The summed E-state index contributed by atoms with van der Waals surface area (Å²) in [7, 11) is 0. The van der Waals surface area contributed by atoms with E-state index < -0.39 is 17.0 Å². The zero-order chi connectivity index (χ0) is 13.5. The molecule has 0 saturated heterocycles. The van der Waals surface area contributed by atoms with Gasteiger partial charge in [0, 0.05) is 12.1 Å². The van der Waals surface area contributed by atoms with E-state index in [0.29, 0.717) is 11.3 Å². The van der Waals surface area contributed by atoms with Gasteiger partial charge >= 0.3 is 5.97 Å². The topological polar surface area (TPSA) is 69.4 Å². The fourth-order valence-corrected chi connectivity index (χ4v) is 1.73. The number of nitrogen functional groups attached to an aromatic ring is 1. The highest BCUT2D eigenvalue weighted by molar-refractivity contribution is 9.09. The molecule has 0 spiro atoms. The average Bonchev–Trinajstić information content (AvgIpc) is 2.36. The van der Waals surface area contributed by atoms with Crippen LogP contribution in [0.25, 0.3) is 0 Å². The van der Waals surface area contributed by atoms with Crippen molar-refractivity contribution < 1.29 is 18.7 Å². The Bertz CT molecular complexity index is 410. The van der Waals surface area contributed by atoms with E-state index in [1.165, 1.54) is 0 Å². The van der Waals surface area contributed by atoms with E-state index in [1.54, 1.807) is 24.3 Å². The first-order valence-electron chi connectivity index (χ1n) is 5.29. The van der Waals surface area contributed by atoms with Crippen molar-refractivity contribution in [1.82, 2.24) is 0 Å². The third-order valence-corrected chi connectivity index (χ3v) is 2.81. The first-order chi connectivity index (χ1) is 8.52. The molecular formula is C12H13BrFNO3. The van der Waals surface area contributed by atoms with Gasteiger partial charge in [0.15, 0.2) is 12.5 Å². The van der Waals surface area contributed by atoms with Crippen LogP contribution in [0.3, 0.4) is 0 Å². The zero-order valence-electron chi connectivity index (χ0n) is 9.51. The minimum Gasteiger partial charge on any atom is -0.461 e. The first-order valence-corrected chi connectivity index (χ1v) is 6.20. The monoisotopic (exact) mass is 317 g/mol. The van der Waals surface area contributed by atoms with Crippen LogP contribution in [0.15, 0.2) is 24.3 Å². The number of nitrogens with two attached hydrogens (primary N) is 1. The van der Waals surface area contributed by atoms with Crippen molar-refractivity contribution in [1.29, 1.82) is 0 Å². The van der Waals surface area contributed by atoms with Gasteiger partial charge in [-0.15, -0.1) is 0 Å². The third kappa shape index (κ3) is 4.83. The normalized spacial score (nSPS) is 13.7. The van der Waals surface area contributed by atoms with Gasteiger partial charge in [-0.1, -0.05) is 15.9 Å². The number of hydrogen-bond donors (Lipinski definition) is 1. The lowest BCUT2D eigenvalue weighted by molar-refractivity contribution is -0.112. The quantitative estimate of drug-likeness (QED) is 0.377. The summed E-state index contributed by atoms with van der Waals surface area (Å²) in [5.74, 6) is -0.513. The maximum Gasteiger partial charge on any atom is 0.338 e. The van der Waals surface area contributed by atoms with Crippen LogP contribution in [-0.2, 0) is 9.53 Å². The van der Waals surface area contributed by atoms with Gasteiger partial charge in [0.2, 0.25) is 0 Å². The van der Waals surface area contributed by atoms with E-state index in [-0.39, 0.29) is 19.3 Å². The van der Waals surface area contributed by atoms with Crippen LogP contribution >= 0.6 is 15.9 Å². The van der Waals surface area contributed by atoms with E-state index in [9.17, 15) is 14.0 Å². The highest BCUT2D eigenvalue weighted by Gasteiger charge is 2.15. The van der Waals surface area contributed by atoms with Crippen molar-refractivity contribution in [3.63, 3.8) is 0 Å². The van der Waals surface area contributed by atoms with Crippen molar-refractivity contribution >= 4 is 33.9 Å². The molecule has 0 heterocycles. The number of aldehydes is 1. The van der Waals surface area contributed by atoms with Crippen LogP contribution in [0.5, 0.6) is 0 Å². The molecule has 1 aromatic rings. The summed E-state index contributed by atoms with van der Waals surface area (Å²) in [5, 5.41) is 0. The molecule has 1 rings (SSSR count). The molecule has 2 N–H and O–H groups in total. The molecule has 2 atom stereocenters. The maximum absolute atomic E-state index is 12.7. The minimum atomic E-state index is -1.55. The van der Waals surface area contributed by atoms with Crippen LogP contribution in [0, 0.1) is 0 Å². The van der Waals surface area contributed by atoms with E-state index in [4.69, 9.17) is 10.5 Å². The predicted molar refractivity (Wildman–Crippen MR) is 69.4 cm³/mol. The summed E-state index contributed by atoms with van der Waals surface area (Å²) in [6, 6.07) is 6.27. The van der Waals surface area contributed by atoms with E-state index in [0.717, 1.165) is 0 Å². The summed E-state index contributed by atoms with van der Waals surface area (Å²) in [5.41, 5.74) is 6.41. The largest absolute Gasteiger partial charge is 0.461 e. The van der Waals surface area contributed by atoms with Crippen molar-refractivity contribution in [3.8, 4) is 0 Å². The Morgan fingerprint density at radius 3 is 2.61 bits per heavy atom. The SMILES string of the molecule is Nc1ccc(C(=O)OC[C@H](Br)C[C@H](F)C=O)cc1. The molecule has 18 heavy (non-hydrogen) atoms. The fourth-order valence-electron chi connectivity index (χ4n) is 1.24. The van der Waals surface area contributed by atoms with Crippen LogP contribution in [0.2, 0.25) is 0 Å². The molecule has 0 radical (unpaired) electrons. The summed E-state index contributed by atoms with van der Waals surface area (Å²) in [4.78, 5) is 21.3. The Labute approximate surface area is 112 Å². The summed E-state index contributed by atoms with van der Waals surface area (Å²) in [6.45, 7) is -0.00251.